The maximum Gasteiger partial charge on any atom is 0.233 e. The Morgan fingerprint density at radius 2 is 1.93 bits per heavy atom. The van der Waals surface area contributed by atoms with E-state index < -0.39 is 0 Å². The second-order valence-corrected chi connectivity index (χ2v) is 9.15. The molecule has 7 nitrogen and oxygen atoms in total. The van der Waals surface area contributed by atoms with E-state index in [9.17, 15) is 4.79 Å². The zero-order valence-corrected chi connectivity index (χ0v) is 18.1. The predicted octanol–water partition coefficient (Wildman–Crippen LogP) is 3.27. The van der Waals surface area contributed by atoms with Crippen molar-refractivity contribution < 1.29 is 4.79 Å². The summed E-state index contributed by atoms with van der Waals surface area (Å²) in [6, 6.07) is 8.36. The molecule has 4 rings (SSSR count). The minimum absolute atomic E-state index is 0.163. The number of benzene rings is 1. The zero-order chi connectivity index (χ0) is 20.1. The molecule has 0 spiro atoms. The molecule has 1 aliphatic carbocycles. The average Bonchev–Trinajstić information content (AvgIpc) is 3.22. The van der Waals surface area contributed by atoms with Crippen LogP contribution in [0.5, 0.6) is 0 Å². The summed E-state index contributed by atoms with van der Waals surface area (Å²) in [5.74, 6) is 0.553. The standard InChI is InChI=1S/C20H27ClN6OS/c21-17-6-4-5-16(13-17)14-25-9-11-26(12-10-25)19(28)15-29-20-22-23-24-27(20)18-7-2-1-3-8-18/h4-6,13,18H,1-3,7-12,14-15H2. The summed E-state index contributed by atoms with van der Waals surface area (Å²) in [7, 11) is 0. The second-order valence-electron chi connectivity index (χ2n) is 7.77. The van der Waals surface area contributed by atoms with Gasteiger partial charge in [-0.2, -0.15) is 0 Å². The highest BCUT2D eigenvalue weighted by atomic mass is 35.5. The monoisotopic (exact) mass is 434 g/mol. The Kier molecular flexibility index (Phi) is 7.05. The Morgan fingerprint density at radius 1 is 1.14 bits per heavy atom. The molecule has 1 aromatic heterocycles. The summed E-state index contributed by atoms with van der Waals surface area (Å²) >= 11 is 7.54. The van der Waals surface area contributed by atoms with Crippen molar-refractivity contribution in [3.63, 3.8) is 0 Å². The molecule has 2 fully saturated rings. The molecule has 1 aliphatic heterocycles. The first-order chi connectivity index (χ1) is 14.2. The fourth-order valence-corrected chi connectivity index (χ4v) is 5.16. The lowest BCUT2D eigenvalue weighted by atomic mass is 9.96. The van der Waals surface area contributed by atoms with Gasteiger partial charge in [-0.25, -0.2) is 4.68 Å². The SMILES string of the molecule is O=C(CSc1nnnn1C1CCCCC1)N1CCN(Cc2cccc(Cl)c2)CC1. The Hall–Kier alpha value is -1.64. The molecule has 2 aliphatic rings. The number of thioether (sulfide) groups is 1. The molecular weight excluding hydrogens is 408 g/mol. The van der Waals surface area contributed by atoms with E-state index in [1.807, 2.05) is 27.8 Å². The topological polar surface area (TPSA) is 67.2 Å². The minimum Gasteiger partial charge on any atom is -0.339 e. The van der Waals surface area contributed by atoms with Crippen LogP contribution in [0.15, 0.2) is 29.4 Å². The Bertz CT molecular complexity index is 817. The fraction of sp³-hybridized carbons (Fsp3) is 0.600. The highest BCUT2D eigenvalue weighted by Crippen LogP contribution is 2.30. The molecule has 1 saturated heterocycles. The van der Waals surface area contributed by atoms with Crippen molar-refractivity contribution in [2.75, 3.05) is 31.9 Å². The third kappa shape index (κ3) is 5.49. The van der Waals surface area contributed by atoms with Gasteiger partial charge in [0.05, 0.1) is 11.8 Å². The molecule has 29 heavy (non-hydrogen) atoms. The smallest absolute Gasteiger partial charge is 0.233 e. The number of amides is 1. The summed E-state index contributed by atoms with van der Waals surface area (Å²) in [6.07, 6.45) is 6.01. The Labute approximate surface area is 180 Å². The number of tetrazole rings is 1. The Balaban J connectivity index is 1.24. The van der Waals surface area contributed by atoms with Gasteiger partial charge >= 0.3 is 0 Å². The molecule has 156 valence electrons. The molecule has 0 bridgehead atoms. The van der Waals surface area contributed by atoms with E-state index in [0.717, 1.165) is 55.7 Å². The van der Waals surface area contributed by atoms with Crippen LogP contribution >= 0.6 is 23.4 Å². The number of carbonyl (C=O) groups excluding carboxylic acids is 1. The zero-order valence-electron chi connectivity index (χ0n) is 16.5. The van der Waals surface area contributed by atoms with Gasteiger partial charge in [-0.1, -0.05) is 54.8 Å². The minimum atomic E-state index is 0.163. The van der Waals surface area contributed by atoms with Gasteiger partial charge in [0.2, 0.25) is 11.1 Å². The van der Waals surface area contributed by atoms with Crippen LogP contribution in [-0.2, 0) is 11.3 Å². The van der Waals surface area contributed by atoms with E-state index in [2.05, 4.69) is 26.5 Å². The van der Waals surface area contributed by atoms with Gasteiger partial charge in [0.15, 0.2) is 0 Å². The fourth-order valence-electron chi connectivity index (χ4n) is 4.10. The van der Waals surface area contributed by atoms with E-state index in [1.54, 1.807) is 0 Å². The molecule has 0 unspecified atom stereocenters. The van der Waals surface area contributed by atoms with E-state index in [1.165, 1.54) is 36.6 Å². The van der Waals surface area contributed by atoms with Crippen LogP contribution in [0.2, 0.25) is 5.02 Å². The van der Waals surface area contributed by atoms with Crippen LogP contribution in [0.3, 0.4) is 0 Å². The van der Waals surface area contributed by atoms with Gasteiger partial charge in [-0.05, 0) is 41.0 Å². The summed E-state index contributed by atoms with van der Waals surface area (Å²) in [4.78, 5) is 17.0. The van der Waals surface area contributed by atoms with E-state index >= 15 is 0 Å². The number of rotatable bonds is 6. The van der Waals surface area contributed by atoms with Crippen LogP contribution in [0.1, 0.15) is 43.7 Å². The lowest BCUT2D eigenvalue weighted by Crippen LogP contribution is -2.48. The van der Waals surface area contributed by atoms with Crippen LogP contribution < -0.4 is 0 Å². The molecule has 0 radical (unpaired) electrons. The first-order valence-corrected chi connectivity index (χ1v) is 11.7. The van der Waals surface area contributed by atoms with Crippen LogP contribution in [0.25, 0.3) is 0 Å². The van der Waals surface area contributed by atoms with Crippen molar-refractivity contribution in [3.8, 4) is 0 Å². The van der Waals surface area contributed by atoms with Gasteiger partial charge in [-0.3, -0.25) is 9.69 Å². The van der Waals surface area contributed by atoms with E-state index in [4.69, 9.17) is 11.6 Å². The lowest BCUT2D eigenvalue weighted by molar-refractivity contribution is -0.130. The summed E-state index contributed by atoms with van der Waals surface area (Å²) in [5, 5.41) is 13.7. The molecule has 1 amide bonds. The van der Waals surface area contributed by atoms with Crippen molar-refractivity contribution in [2.24, 2.45) is 0 Å². The Morgan fingerprint density at radius 3 is 2.69 bits per heavy atom. The van der Waals surface area contributed by atoms with Crippen molar-refractivity contribution in [1.29, 1.82) is 0 Å². The number of nitrogens with zero attached hydrogens (tertiary/aromatic N) is 6. The lowest BCUT2D eigenvalue weighted by Gasteiger charge is -2.34. The number of carbonyl (C=O) groups is 1. The molecule has 2 heterocycles. The predicted molar refractivity (Wildman–Crippen MR) is 114 cm³/mol. The summed E-state index contributed by atoms with van der Waals surface area (Å²) in [5.41, 5.74) is 1.21. The maximum absolute atomic E-state index is 12.7. The molecule has 1 aromatic carbocycles. The molecule has 2 aromatic rings. The molecule has 0 N–H and O–H groups in total. The number of hydrogen-bond donors (Lipinski definition) is 0. The van der Waals surface area contributed by atoms with E-state index in [0.29, 0.717) is 11.8 Å². The van der Waals surface area contributed by atoms with Crippen molar-refractivity contribution >= 4 is 29.3 Å². The number of piperazine rings is 1. The quantitative estimate of drug-likeness (QED) is 0.650. The van der Waals surface area contributed by atoms with Gasteiger partial charge in [0, 0.05) is 37.7 Å². The molecule has 9 heteroatoms. The molecule has 0 atom stereocenters. The summed E-state index contributed by atoms with van der Waals surface area (Å²) in [6.45, 7) is 4.14. The van der Waals surface area contributed by atoms with Crippen molar-refractivity contribution in [1.82, 2.24) is 30.0 Å². The second kappa shape index (κ2) is 9.91. The van der Waals surface area contributed by atoms with Gasteiger partial charge in [-0.15, -0.1) is 5.10 Å². The third-order valence-corrected chi connectivity index (χ3v) is 6.88. The molecular formula is C20H27ClN6OS. The average molecular weight is 435 g/mol. The van der Waals surface area contributed by atoms with Gasteiger partial charge in [0.25, 0.3) is 0 Å². The largest absolute Gasteiger partial charge is 0.339 e. The summed E-state index contributed by atoms with van der Waals surface area (Å²) < 4.78 is 1.93. The normalized spacial score (nSPS) is 18.9. The van der Waals surface area contributed by atoms with Crippen molar-refractivity contribution in [2.45, 2.75) is 49.8 Å². The number of hydrogen-bond acceptors (Lipinski definition) is 6. The van der Waals surface area contributed by atoms with Crippen LogP contribution in [0.4, 0.5) is 0 Å². The van der Waals surface area contributed by atoms with Gasteiger partial charge < -0.3 is 4.90 Å². The van der Waals surface area contributed by atoms with Crippen molar-refractivity contribution in [3.05, 3.63) is 34.9 Å². The third-order valence-electron chi connectivity index (χ3n) is 5.73. The van der Waals surface area contributed by atoms with Gasteiger partial charge in [0.1, 0.15) is 0 Å². The highest BCUT2D eigenvalue weighted by Gasteiger charge is 2.24. The van der Waals surface area contributed by atoms with Crippen LogP contribution in [0, 0.1) is 0 Å². The van der Waals surface area contributed by atoms with E-state index in [-0.39, 0.29) is 5.91 Å². The first kappa shape index (κ1) is 20.6. The van der Waals surface area contributed by atoms with Crippen LogP contribution in [-0.4, -0.2) is 67.8 Å². The molecule has 1 saturated carbocycles. The maximum atomic E-state index is 12.7. The first-order valence-electron chi connectivity index (χ1n) is 10.3. The number of halogens is 1. The number of aromatic nitrogens is 4. The highest BCUT2D eigenvalue weighted by molar-refractivity contribution is 7.99.